The standard InChI is InChI=1S/C15H16ClNO3/c1-9-4-5-10(8-17-9)14(18)11-6-12(16)15(20-3)13(7-11)19-2/h4-8,14,18H,1-3H3. The summed E-state index contributed by atoms with van der Waals surface area (Å²) in [4.78, 5) is 4.18. The van der Waals surface area contributed by atoms with Gasteiger partial charge in [-0.05, 0) is 30.7 Å². The zero-order chi connectivity index (χ0) is 14.7. The largest absolute Gasteiger partial charge is 0.493 e. The number of methoxy groups -OCH3 is 2. The molecular formula is C15H16ClNO3. The summed E-state index contributed by atoms with van der Waals surface area (Å²) in [5, 5.41) is 10.8. The molecule has 0 bridgehead atoms. The Morgan fingerprint density at radius 2 is 1.90 bits per heavy atom. The Balaban J connectivity index is 2.42. The number of nitrogens with zero attached hydrogens (tertiary/aromatic N) is 1. The number of aryl methyl sites for hydroxylation is 1. The minimum atomic E-state index is -0.819. The van der Waals surface area contributed by atoms with Crippen molar-refractivity contribution in [1.29, 1.82) is 0 Å². The number of hydrogen-bond donors (Lipinski definition) is 1. The van der Waals surface area contributed by atoms with Crippen LogP contribution >= 0.6 is 11.6 Å². The summed E-state index contributed by atoms with van der Waals surface area (Å²) in [6, 6.07) is 7.04. The van der Waals surface area contributed by atoms with Crippen LogP contribution in [0.3, 0.4) is 0 Å². The summed E-state index contributed by atoms with van der Waals surface area (Å²) in [6.07, 6.45) is 0.824. The van der Waals surface area contributed by atoms with Crippen LogP contribution in [0.4, 0.5) is 0 Å². The van der Waals surface area contributed by atoms with Gasteiger partial charge < -0.3 is 14.6 Å². The quantitative estimate of drug-likeness (QED) is 0.941. The van der Waals surface area contributed by atoms with Crippen LogP contribution in [0.2, 0.25) is 5.02 Å². The molecule has 0 amide bonds. The molecule has 0 radical (unpaired) electrons. The number of ether oxygens (including phenoxy) is 2. The van der Waals surface area contributed by atoms with Gasteiger partial charge in [-0.15, -0.1) is 0 Å². The van der Waals surface area contributed by atoms with Crippen LogP contribution in [0.15, 0.2) is 30.5 Å². The first-order valence-corrected chi connectivity index (χ1v) is 6.46. The topological polar surface area (TPSA) is 51.6 Å². The molecule has 1 atom stereocenters. The van der Waals surface area contributed by atoms with E-state index in [9.17, 15) is 5.11 Å². The van der Waals surface area contributed by atoms with Gasteiger partial charge in [0.05, 0.1) is 19.2 Å². The summed E-state index contributed by atoms with van der Waals surface area (Å²) < 4.78 is 10.4. The van der Waals surface area contributed by atoms with Crippen molar-refractivity contribution in [2.75, 3.05) is 14.2 Å². The highest BCUT2D eigenvalue weighted by Crippen LogP contribution is 2.38. The number of halogens is 1. The Morgan fingerprint density at radius 3 is 2.45 bits per heavy atom. The Kier molecular flexibility index (Phi) is 4.47. The number of hydrogen-bond acceptors (Lipinski definition) is 4. The fraction of sp³-hybridized carbons (Fsp3) is 0.267. The maximum Gasteiger partial charge on any atom is 0.179 e. The lowest BCUT2D eigenvalue weighted by Gasteiger charge is -2.15. The van der Waals surface area contributed by atoms with E-state index in [2.05, 4.69) is 4.98 Å². The molecule has 0 saturated heterocycles. The Morgan fingerprint density at radius 1 is 1.15 bits per heavy atom. The average Bonchev–Trinajstić information content (AvgIpc) is 2.46. The molecule has 0 aliphatic rings. The van der Waals surface area contributed by atoms with Crippen molar-refractivity contribution in [2.24, 2.45) is 0 Å². The maximum absolute atomic E-state index is 10.4. The van der Waals surface area contributed by atoms with Gasteiger partial charge in [-0.2, -0.15) is 0 Å². The van der Waals surface area contributed by atoms with E-state index in [1.54, 1.807) is 18.3 Å². The van der Waals surface area contributed by atoms with Crippen LogP contribution in [-0.2, 0) is 0 Å². The third-order valence-corrected chi connectivity index (χ3v) is 3.30. The van der Waals surface area contributed by atoms with E-state index >= 15 is 0 Å². The van der Waals surface area contributed by atoms with Crippen molar-refractivity contribution in [3.8, 4) is 11.5 Å². The molecule has 0 saturated carbocycles. The van der Waals surface area contributed by atoms with Crippen molar-refractivity contribution in [3.05, 3.63) is 52.3 Å². The first-order chi connectivity index (χ1) is 9.56. The highest BCUT2D eigenvalue weighted by Gasteiger charge is 2.17. The smallest absolute Gasteiger partial charge is 0.179 e. The first kappa shape index (κ1) is 14.6. The predicted octanol–water partition coefficient (Wildman–Crippen LogP) is 3.14. The van der Waals surface area contributed by atoms with Crippen molar-refractivity contribution >= 4 is 11.6 Å². The monoisotopic (exact) mass is 293 g/mol. The molecule has 20 heavy (non-hydrogen) atoms. The van der Waals surface area contributed by atoms with Crippen molar-refractivity contribution in [1.82, 2.24) is 4.98 Å². The molecule has 0 aliphatic carbocycles. The van der Waals surface area contributed by atoms with Gasteiger partial charge in [0.25, 0.3) is 0 Å². The summed E-state index contributed by atoms with van der Waals surface area (Å²) in [6.45, 7) is 1.89. The summed E-state index contributed by atoms with van der Waals surface area (Å²) in [5.41, 5.74) is 2.21. The average molecular weight is 294 g/mol. The van der Waals surface area contributed by atoms with E-state index < -0.39 is 6.10 Å². The molecule has 1 heterocycles. The SMILES string of the molecule is COc1cc(C(O)c2ccc(C)nc2)cc(Cl)c1OC. The van der Waals surface area contributed by atoms with Gasteiger partial charge in [-0.3, -0.25) is 4.98 Å². The van der Waals surface area contributed by atoms with Gasteiger partial charge in [0.2, 0.25) is 0 Å². The predicted molar refractivity (Wildman–Crippen MR) is 77.6 cm³/mol. The second-order valence-corrected chi connectivity index (χ2v) is 4.78. The van der Waals surface area contributed by atoms with Crippen LogP contribution in [0.25, 0.3) is 0 Å². The Labute approximate surface area is 122 Å². The number of aromatic nitrogens is 1. The number of aliphatic hydroxyl groups excluding tert-OH is 1. The van der Waals surface area contributed by atoms with Crippen LogP contribution in [0, 0.1) is 6.92 Å². The molecule has 1 aromatic carbocycles. The van der Waals surface area contributed by atoms with Gasteiger partial charge in [0, 0.05) is 17.5 Å². The first-order valence-electron chi connectivity index (χ1n) is 6.09. The molecule has 0 spiro atoms. The Bertz CT molecular complexity index is 599. The molecule has 4 nitrogen and oxygen atoms in total. The van der Waals surface area contributed by atoms with Crippen molar-refractivity contribution in [3.63, 3.8) is 0 Å². The third kappa shape index (κ3) is 2.86. The van der Waals surface area contributed by atoms with E-state index in [1.807, 2.05) is 19.1 Å². The molecule has 1 unspecified atom stereocenters. The van der Waals surface area contributed by atoms with E-state index in [-0.39, 0.29) is 0 Å². The molecule has 2 rings (SSSR count). The minimum Gasteiger partial charge on any atom is -0.493 e. The van der Waals surface area contributed by atoms with Gasteiger partial charge in [0.15, 0.2) is 11.5 Å². The third-order valence-electron chi connectivity index (χ3n) is 3.02. The second kappa shape index (κ2) is 6.11. The molecular weight excluding hydrogens is 278 g/mol. The lowest BCUT2D eigenvalue weighted by Crippen LogP contribution is -2.02. The summed E-state index contributed by atoms with van der Waals surface area (Å²) in [5.74, 6) is 0.932. The number of benzene rings is 1. The molecule has 1 N–H and O–H groups in total. The molecule has 2 aromatic rings. The van der Waals surface area contributed by atoms with Crippen molar-refractivity contribution in [2.45, 2.75) is 13.0 Å². The minimum absolute atomic E-state index is 0.390. The fourth-order valence-electron chi connectivity index (χ4n) is 1.93. The highest BCUT2D eigenvalue weighted by molar-refractivity contribution is 6.32. The molecule has 106 valence electrons. The number of aliphatic hydroxyl groups is 1. The van der Waals surface area contributed by atoms with E-state index in [0.717, 1.165) is 5.69 Å². The van der Waals surface area contributed by atoms with E-state index in [0.29, 0.717) is 27.6 Å². The normalized spacial score (nSPS) is 12.1. The lowest BCUT2D eigenvalue weighted by atomic mass is 10.0. The molecule has 0 fully saturated rings. The van der Waals surface area contributed by atoms with Crippen LogP contribution in [-0.4, -0.2) is 24.3 Å². The van der Waals surface area contributed by atoms with Gasteiger partial charge >= 0.3 is 0 Å². The van der Waals surface area contributed by atoms with Crippen LogP contribution in [0.1, 0.15) is 22.9 Å². The van der Waals surface area contributed by atoms with Crippen molar-refractivity contribution < 1.29 is 14.6 Å². The molecule has 1 aromatic heterocycles. The van der Waals surface area contributed by atoms with E-state index in [4.69, 9.17) is 21.1 Å². The Hall–Kier alpha value is -1.78. The highest BCUT2D eigenvalue weighted by atomic mass is 35.5. The van der Waals surface area contributed by atoms with Gasteiger partial charge in [-0.1, -0.05) is 17.7 Å². The second-order valence-electron chi connectivity index (χ2n) is 4.37. The van der Waals surface area contributed by atoms with E-state index in [1.165, 1.54) is 14.2 Å². The lowest BCUT2D eigenvalue weighted by molar-refractivity contribution is 0.219. The zero-order valence-electron chi connectivity index (χ0n) is 11.6. The van der Waals surface area contributed by atoms with Gasteiger partial charge in [0.1, 0.15) is 6.10 Å². The molecule has 0 aliphatic heterocycles. The fourth-order valence-corrected chi connectivity index (χ4v) is 2.23. The zero-order valence-corrected chi connectivity index (χ0v) is 12.3. The number of rotatable bonds is 4. The number of pyridine rings is 1. The summed E-state index contributed by atoms with van der Waals surface area (Å²) in [7, 11) is 3.04. The van der Waals surface area contributed by atoms with Gasteiger partial charge in [-0.25, -0.2) is 0 Å². The van der Waals surface area contributed by atoms with Crippen LogP contribution < -0.4 is 9.47 Å². The van der Waals surface area contributed by atoms with Crippen LogP contribution in [0.5, 0.6) is 11.5 Å². The summed E-state index contributed by atoms with van der Waals surface area (Å²) >= 11 is 6.14. The maximum atomic E-state index is 10.4. The molecule has 5 heteroatoms.